The number of nitrogens with zero attached hydrogens (tertiary/aromatic N) is 1. The van der Waals surface area contributed by atoms with Gasteiger partial charge in [0.2, 0.25) is 5.91 Å². The molecule has 6 heteroatoms. The molecule has 0 spiro atoms. The summed E-state index contributed by atoms with van der Waals surface area (Å²) in [7, 11) is 0. The van der Waals surface area contributed by atoms with Crippen molar-refractivity contribution < 1.29 is 18.0 Å². The van der Waals surface area contributed by atoms with Crippen molar-refractivity contribution in [1.29, 1.82) is 0 Å². The number of carbonyl (C=O) groups is 1. The van der Waals surface area contributed by atoms with Gasteiger partial charge >= 0.3 is 0 Å². The van der Waals surface area contributed by atoms with E-state index in [2.05, 4.69) is 6.07 Å². The number of fused-ring (bicyclic) bond motifs is 3. The Balaban J connectivity index is 2.09. The van der Waals surface area contributed by atoms with Crippen LogP contribution in [-0.2, 0) is 6.54 Å². The van der Waals surface area contributed by atoms with E-state index in [1.165, 1.54) is 34.9 Å². The lowest BCUT2D eigenvalue weighted by atomic mass is 10.1. The summed E-state index contributed by atoms with van der Waals surface area (Å²) in [5.41, 5.74) is 6.37. The van der Waals surface area contributed by atoms with E-state index in [1.54, 1.807) is 12.1 Å². The lowest BCUT2D eigenvalue weighted by Crippen LogP contribution is -2.11. The van der Waals surface area contributed by atoms with Crippen LogP contribution in [0.5, 0.6) is 0 Å². The molecule has 4 rings (SSSR count). The second-order valence-corrected chi connectivity index (χ2v) is 5.91. The van der Waals surface area contributed by atoms with E-state index in [0.717, 1.165) is 6.07 Å². The van der Waals surface area contributed by atoms with Crippen molar-refractivity contribution in [1.82, 2.24) is 4.57 Å². The zero-order valence-electron chi connectivity index (χ0n) is 13.4. The highest BCUT2D eigenvalue weighted by atomic mass is 19.2. The lowest BCUT2D eigenvalue weighted by Gasteiger charge is -2.10. The summed E-state index contributed by atoms with van der Waals surface area (Å²) in [5.74, 6) is -3.19. The fourth-order valence-corrected chi connectivity index (χ4v) is 3.28. The van der Waals surface area contributed by atoms with Crippen molar-refractivity contribution in [2.75, 3.05) is 0 Å². The molecule has 0 saturated heterocycles. The number of hydrogen-bond donors (Lipinski definition) is 1. The third-order valence-electron chi connectivity index (χ3n) is 4.40. The molecule has 129 valence electrons. The van der Waals surface area contributed by atoms with Crippen LogP contribution in [0.3, 0.4) is 0 Å². The van der Waals surface area contributed by atoms with Gasteiger partial charge in [-0.1, -0.05) is 24.3 Å². The van der Waals surface area contributed by atoms with Crippen molar-refractivity contribution in [2.45, 2.75) is 6.54 Å². The number of amides is 1. The summed E-state index contributed by atoms with van der Waals surface area (Å²) in [6.45, 7) is -0.111. The van der Waals surface area contributed by atoms with Gasteiger partial charge in [-0.25, -0.2) is 13.2 Å². The molecule has 0 unspecified atom stereocenters. The molecule has 3 nitrogen and oxygen atoms in total. The fraction of sp³-hybridized carbons (Fsp3) is 0.0500. The minimum absolute atomic E-state index is 0.0662. The molecule has 0 atom stereocenters. The molecule has 1 aromatic heterocycles. The third kappa shape index (κ3) is 2.34. The van der Waals surface area contributed by atoms with Crippen LogP contribution in [0.1, 0.15) is 15.9 Å². The van der Waals surface area contributed by atoms with Crippen molar-refractivity contribution in [3.05, 3.63) is 83.2 Å². The van der Waals surface area contributed by atoms with Gasteiger partial charge < -0.3 is 10.3 Å². The number of benzene rings is 3. The van der Waals surface area contributed by atoms with Crippen LogP contribution in [0.4, 0.5) is 13.2 Å². The number of rotatable bonds is 3. The van der Waals surface area contributed by atoms with Gasteiger partial charge in [0.25, 0.3) is 0 Å². The molecular weight excluding hydrogens is 341 g/mol. The Morgan fingerprint density at radius 3 is 2.58 bits per heavy atom. The number of halogens is 3. The molecule has 3 aromatic carbocycles. The van der Waals surface area contributed by atoms with E-state index in [0.29, 0.717) is 16.3 Å². The van der Waals surface area contributed by atoms with Crippen molar-refractivity contribution >= 4 is 27.7 Å². The molecule has 1 radical (unpaired) electrons. The van der Waals surface area contributed by atoms with Crippen LogP contribution in [0.2, 0.25) is 0 Å². The van der Waals surface area contributed by atoms with Gasteiger partial charge in [-0.2, -0.15) is 0 Å². The quantitative estimate of drug-likeness (QED) is 0.591. The maximum Gasteiger partial charge on any atom is 0.249 e. The fourth-order valence-electron chi connectivity index (χ4n) is 3.28. The average molecular weight is 353 g/mol. The Morgan fingerprint density at radius 2 is 1.81 bits per heavy atom. The van der Waals surface area contributed by atoms with Crippen LogP contribution < -0.4 is 5.73 Å². The van der Waals surface area contributed by atoms with E-state index in [1.807, 2.05) is 0 Å². The van der Waals surface area contributed by atoms with Crippen LogP contribution in [0.15, 0.2) is 48.5 Å². The molecule has 0 aliphatic carbocycles. The van der Waals surface area contributed by atoms with Crippen molar-refractivity contribution in [3.8, 4) is 0 Å². The summed E-state index contributed by atoms with van der Waals surface area (Å²) in [6, 6.07) is 14.2. The van der Waals surface area contributed by atoms with Gasteiger partial charge in [0, 0.05) is 21.9 Å². The smallest absolute Gasteiger partial charge is 0.249 e. The number of hydrogen-bond acceptors (Lipinski definition) is 1. The molecule has 1 amide bonds. The normalized spacial score (nSPS) is 11.3. The molecule has 0 bridgehead atoms. The number of nitrogens with two attached hydrogens (primary N) is 1. The van der Waals surface area contributed by atoms with Crippen LogP contribution in [-0.4, -0.2) is 10.5 Å². The maximum absolute atomic E-state index is 14.6. The minimum atomic E-state index is -0.992. The van der Waals surface area contributed by atoms with E-state index in [9.17, 15) is 18.0 Å². The summed E-state index contributed by atoms with van der Waals surface area (Å²) >= 11 is 0. The van der Waals surface area contributed by atoms with E-state index >= 15 is 0 Å². The van der Waals surface area contributed by atoms with Crippen molar-refractivity contribution in [2.24, 2.45) is 5.73 Å². The third-order valence-corrected chi connectivity index (χ3v) is 4.40. The van der Waals surface area contributed by atoms with Crippen LogP contribution >= 0.6 is 0 Å². The van der Waals surface area contributed by atoms with E-state index < -0.39 is 23.4 Å². The summed E-state index contributed by atoms with van der Waals surface area (Å²) in [6.07, 6.45) is 0. The molecule has 0 fully saturated rings. The van der Waals surface area contributed by atoms with Gasteiger partial charge in [-0.15, -0.1) is 0 Å². The number of carbonyl (C=O) groups excluding carboxylic acids is 1. The molecule has 4 aromatic rings. The van der Waals surface area contributed by atoms with Crippen molar-refractivity contribution in [3.63, 3.8) is 0 Å². The van der Waals surface area contributed by atoms with Gasteiger partial charge in [0.05, 0.1) is 17.6 Å². The molecule has 2 N–H and O–H groups in total. The van der Waals surface area contributed by atoms with Gasteiger partial charge in [-0.3, -0.25) is 4.79 Å². The average Bonchev–Trinajstić information content (AvgIpc) is 2.94. The topological polar surface area (TPSA) is 48.0 Å². The predicted octanol–water partition coefficient (Wildman–Crippen LogP) is 4.16. The van der Waals surface area contributed by atoms with E-state index in [-0.39, 0.29) is 23.2 Å². The first-order chi connectivity index (χ1) is 12.5. The molecular formula is C20H12F3N2O. The largest absolute Gasteiger partial charge is 0.366 e. The SMILES string of the molecule is NC(=O)c1cccc2c1c1[c]ccc(F)c1n2Cc1cccc(F)c1F. The monoisotopic (exact) mass is 353 g/mol. The second-order valence-electron chi connectivity index (χ2n) is 5.91. The highest BCUT2D eigenvalue weighted by molar-refractivity contribution is 6.17. The predicted molar refractivity (Wildman–Crippen MR) is 92.2 cm³/mol. The van der Waals surface area contributed by atoms with Gasteiger partial charge in [0.1, 0.15) is 5.82 Å². The van der Waals surface area contributed by atoms with Crippen LogP contribution in [0, 0.1) is 23.5 Å². The molecule has 1 heterocycles. The zero-order chi connectivity index (χ0) is 18.4. The first-order valence-corrected chi connectivity index (χ1v) is 7.83. The second kappa shape index (κ2) is 5.91. The summed E-state index contributed by atoms with van der Waals surface area (Å²) in [5, 5.41) is 0.803. The Bertz CT molecular complexity index is 1180. The molecule has 0 aliphatic rings. The number of aromatic nitrogens is 1. The Labute approximate surface area is 146 Å². The minimum Gasteiger partial charge on any atom is -0.366 e. The first-order valence-electron chi connectivity index (χ1n) is 7.83. The highest BCUT2D eigenvalue weighted by Crippen LogP contribution is 2.33. The molecule has 0 aliphatic heterocycles. The van der Waals surface area contributed by atoms with E-state index in [4.69, 9.17) is 5.73 Å². The maximum atomic E-state index is 14.6. The number of primary amides is 1. The Kier molecular flexibility index (Phi) is 3.68. The van der Waals surface area contributed by atoms with Gasteiger partial charge in [-0.05, 0) is 30.3 Å². The van der Waals surface area contributed by atoms with Crippen LogP contribution in [0.25, 0.3) is 21.8 Å². The Morgan fingerprint density at radius 1 is 1.04 bits per heavy atom. The zero-order valence-corrected chi connectivity index (χ0v) is 13.4. The summed E-state index contributed by atoms with van der Waals surface area (Å²) < 4.78 is 43.8. The molecule has 0 saturated carbocycles. The Hall–Kier alpha value is -3.28. The highest BCUT2D eigenvalue weighted by Gasteiger charge is 2.20. The standard InChI is InChI=1S/C20H12F3N2O/c21-14-7-1-4-11(18(14)23)10-25-16-9-3-6-13(20(24)26)17(16)12-5-2-8-15(22)19(12)25/h1-4,6-9H,10H2,(H2,24,26). The van der Waals surface area contributed by atoms with Gasteiger partial charge in [0.15, 0.2) is 11.6 Å². The summed E-state index contributed by atoms with van der Waals surface area (Å²) in [4.78, 5) is 11.8. The first kappa shape index (κ1) is 16.2. The molecule has 26 heavy (non-hydrogen) atoms. The lowest BCUT2D eigenvalue weighted by molar-refractivity contribution is 0.100.